The maximum absolute atomic E-state index is 5.96. The van der Waals surface area contributed by atoms with E-state index in [0.29, 0.717) is 15.6 Å². The number of hydrogen-bond acceptors (Lipinski definition) is 4. The summed E-state index contributed by atoms with van der Waals surface area (Å²) in [5.41, 5.74) is 0.871. The molecule has 0 aliphatic heterocycles. The lowest BCUT2D eigenvalue weighted by Crippen LogP contribution is -2.04. The zero-order valence-corrected chi connectivity index (χ0v) is 13.6. The van der Waals surface area contributed by atoms with E-state index in [2.05, 4.69) is 15.3 Å². The molecule has 0 bridgehead atoms. The highest BCUT2D eigenvalue weighted by atomic mass is 35.5. The monoisotopic (exact) mass is 344 g/mol. The third-order valence-electron chi connectivity index (χ3n) is 3.00. The second-order valence-electron chi connectivity index (χ2n) is 4.66. The van der Waals surface area contributed by atoms with Crippen molar-refractivity contribution in [3.63, 3.8) is 0 Å². The van der Waals surface area contributed by atoms with E-state index in [9.17, 15) is 0 Å². The topological polar surface area (TPSA) is 55.2 Å². The molecule has 3 rings (SSSR count). The Balaban J connectivity index is 1.77. The molecule has 3 aromatic rings. The van der Waals surface area contributed by atoms with Gasteiger partial charge in [-0.3, -0.25) is 0 Å². The minimum atomic E-state index is 0.254. The molecule has 0 aliphatic rings. The number of ether oxygens (including phenoxy) is 1. The molecule has 5 nitrogen and oxygen atoms in total. The molecule has 0 atom stereocenters. The zero-order chi connectivity index (χ0) is 16.1. The Kier molecular flexibility index (Phi) is 4.85. The van der Waals surface area contributed by atoms with E-state index in [4.69, 9.17) is 28.6 Å². The number of rotatable bonds is 5. The smallest absolute Gasteiger partial charge is 0.216 e. The van der Waals surface area contributed by atoms with Crippen LogP contribution in [-0.2, 0) is 6.61 Å². The number of hydrogen-bond donors (Lipinski definition) is 1. The molecule has 2 aromatic carbocycles. The van der Waals surface area contributed by atoms with Crippen LogP contribution in [0.5, 0.6) is 5.75 Å². The lowest BCUT2D eigenvalue weighted by atomic mass is 10.2. The molecule has 1 N–H and O–H groups in total. The Bertz CT molecular complexity index is 873. The van der Waals surface area contributed by atoms with Gasteiger partial charge >= 0.3 is 0 Å². The van der Waals surface area contributed by atoms with Crippen molar-refractivity contribution in [2.75, 3.05) is 0 Å². The van der Waals surface area contributed by atoms with Crippen molar-refractivity contribution in [1.82, 2.24) is 14.9 Å². The van der Waals surface area contributed by atoms with Gasteiger partial charge in [0.2, 0.25) is 4.77 Å². The summed E-state index contributed by atoms with van der Waals surface area (Å²) < 4.78 is 7.60. The largest absolute Gasteiger partial charge is 0.486 e. The molecule has 0 aliphatic carbocycles. The van der Waals surface area contributed by atoms with Crippen LogP contribution >= 0.6 is 23.8 Å². The van der Waals surface area contributed by atoms with Crippen molar-refractivity contribution in [2.24, 2.45) is 5.10 Å². The highest BCUT2D eigenvalue weighted by Gasteiger charge is 2.06. The van der Waals surface area contributed by atoms with E-state index in [1.165, 1.54) is 4.68 Å². The van der Waals surface area contributed by atoms with Crippen LogP contribution in [0.3, 0.4) is 0 Å². The van der Waals surface area contributed by atoms with Crippen molar-refractivity contribution in [3.05, 3.63) is 75.8 Å². The molecule has 0 fully saturated rings. The number of aromatic nitrogens is 3. The predicted molar refractivity (Wildman–Crippen MR) is 92.6 cm³/mol. The van der Waals surface area contributed by atoms with Crippen LogP contribution in [0, 0.1) is 4.77 Å². The van der Waals surface area contributed by atoms with Gasteiger partial charge in [0.15, 0.2) is 5.82 Å². The van der Waals surface area contributed by atoms with Crippen molar-refractivity contribution in [1.29, 1.82) is 0 Å². The van der Waals surface area contributed by atoms with Crippen molar-refractivity contribution in [2.45, 2.75) is 6.61 Å². The summed E-state index contributed by atoms with van der Waals surface area (Å²) in [6.07, 6.45) is 1.67. The molecule has 0 spiro atoms. The summed E-state index contributed by atoms with van der Waals surface area (Å²) >= 11 is 11.2. The molecule has 0 unspecified atom stereocenters. The Hall–Kier alpha value is -2.44. The van der Waals surface area contributed by atoms with Crippen LogP contribution in [0.15, 0.2) is 59.7 Å². The fourth-order valence-corrected chi connectivity index (χ4v) is 2.31. The van der Waals surface area contributed by atoms with Crippen LogP contribution in [-0.4, -0.2) is 21.1 Å². The molecule has 116 valence electrons. The summed E-state index contributed by atoms with van der Waals surface area (Å²) in [6, 6.07) is 16.9. The molecule has 0 amide bonds. The minimum absolute atomic E-state index is 0.254. The summed E-state index contributed by atoms with van der Waals surface area (Å²) in [4.78, 5) is 0. The van der Waals surface area contributed by atoms with Crippen LogP contribution < -0.4 is 4.74 Å². The molecule has 0 saturated carbocycles. The van der Waals surface area contributed by atoms with Crippen LogP contribution in [0.2, 0.25) is 5.02 Å². The van der Waals surface area contributed by atoms with Gasteiger partial charge in [-0.15, -0.1) is 0 Å². The normalized spacial score (nSPS) is 11.0. The van der Waals surface area contributed by atoms with Gasteiger partial charge in [0.25, 0.3) is 0 Å². The Labute approximate surface area is 143 Å². The first kappa shape index (κ1) is 15.5. The van der Waals surface area contributed by atoms with Crippen molar-refractivity contribution in [3.8, 4) is 5.75 Å². The van der Waals surface area contributed by atoms with Gasteiger partial charge in [-0.1, -0.05) is 41.9 Å². The number of nitrogens with one attached hydrogen (secondary N) is 1. The SMILES string of the molecule is S=c1[nH]nc(COc2ccccc2)n1/N=C\c1cccc(Cl)c1. The first-order valence-electron chi connectivity index (χ1n) is 6.86. The second kappa shape index (κ2) is 7.21. The maximum atomic E-state index is 5.96. The minimum Gasteiger partial charge on any atom is -0.486 e. The number of halogens is 1. The van der Waals surface area contributed by atoms with Gasteiger partial charge in [-0.2, -0.15) is 14.9 Å². The summed E-state index contributed by atoms with van der Waals surface area (Å²) in [6.45, 7) is 0.254. The van der Waals surface area contributed by atoms with Crippen LogP contribution in [0.25, 0.3) is 0 Å². The molecule has 23 heavy (non-hydrogen) atoms. The third-order valence-corrected chi connectivity index (χ3v) is 3.50. The van der Waals surface area contributed by atoms with E-state index in [0.717, 1.165) is 11.3 Å². The van der Waals surface area contributed by atoms with Crippen molar-refractivity contribution < 1.29 is 4.74 Å². The average Bonchev–Trinajstić information content (AvgIpc) is 2.92. The standard InChI is InChI=1S/C16H13ClN4OS/c17-13-6-4-5-12(9-13)10-18-21-15(19-20-16(21)23)11-22-14-7-2-1-3-8-14/h1-10H,11H2,(H,20,23)/b18-10-. The van der Waals surface area contributed by atoms with E-state index < -0.39 is 0 Å². The van der Waals surface area contributed by atoms with Gasteiger partial charge in [0.1, 0.15) is 12.4 Å². The summed E-state index contributed by atoms with van der Waals surface area (Å²) in [5, 5.41) is 11.9. The molecule has 1 heterocycles. The third kappa shape index (κ3) is 4.06. The Morgan fingerprint density at radius 2 is 2.04 bits per heavy atom. The number of H-pyrrole nitrogens is 1. The van der Waals surface area contributed by atoms with Gasteiger partial charge < -0.3 is 4.74 Å². The summed E-state index contributed by atoms with van der Waals surface area (Å²) in [7, 11) is 0. The fourth-order valence-electron chi connectivity index (χ4n) is 1.91. The second-order valence-corrected chi connectivity index (χ2v) is 5.48. The lowest BCUT2D eigenvalue weighted by Gasteiger charge is -2.04. The number of aromatic amines is 1. The quantitative estimate of drug-likeness (QED) is 0.561. The fraction of sp³-hybridized carbons (Fsp3) is 0.0625. The number of nitrogens with zero attached hydrogens (tertiary/aromatic N) is 3. The van der Waals surface area contributed by atoms with Crippen LogP contribution in [0.1, 0.15) is 11.4 Å². The molecule has 0 saturated heterocycles. The zero-order valence-electron chi connectivity index (χ0n) is 12.0. The highest BCUT2D eigenvalue weighted by Crippen LogP contribution is 2.12. The average molecular weight is 345 g/mol. The molecule has 1 aromatic heterocycles. The van der Waals surface area contributed by atoms with Gasteiger partial charge in [0, 0.05) is 5.02 Å². The highest BCUT2D eigenvalue weighted by molar-refractivity contribution is 7.71. The summed E-state index contributed by atoms with van der Waals surface area (Å²) in [5.74, 6) is 1.34. The van der Waals surface area contributed by atoms with E-state index in [1.807, 2.05) is 54.6 Å². The van der Waals surface area contributed by atoms with Gasteiger partial charge in [0.05, 0.1) is 6.21 Å². The Morgan fingerprint density at radius 1 is 1.22 bits per heavy atom. The van der Waals surface area contributed by atoms with Gasteiger partial charge in [-0.25, -0.2) is 5.10 Å². The van der Waals surface area contributed by atoms with E-state index in [-0.39, 0.29) is 6.61 Å². The molecule has 7 heteroatoms. The van der Waals surface area contributed by atoms with Crippen molar-refractivity contribution >= 4 is 30.0 Å². The van der Waals surface area contributed by atoms with E-state index >= 15 is 0 Å². The predicted octanol–water partition coefficient (Wildman–Crippen LogP) is 4.06. The molecular weight excluding hydrogens is 332 g/mol. The van der Waals surface area contributed by atoms with Crippen LogP contribution in [0.4, 0.5) is 0 Å². The molecular formula is C16H13ClN4OS. The number of para-hydroxylation sites is 1. The first-order valence-corrected chi connectivity index (χ1v) is 7.65. The maximum Gasteiger partial charge on any atom is 0.216 e. The van der Waals surface area contributed by atoms with E-state index in [1.54, 1.807) is 6.21 Å². The number of benzene rings is 2. The first-order chi connectivity index (χ1) is 11.2. The lowest BCUT2D eigenvalue weighted by molar-refractivity contribution is 0.290. The molecule has 0 radical (unpaired) electrons. The Morgan fingerprint density at radius 3 is 2.83 bits per heavy atom. The van der Waals surface area contributed by atoms with Gasteiger partial charge in [-0.05, 0) is 42.0 Å².